The van der Waals surface area contributed by atoms with Crippen molar-refractivity contribution >= 4 is 34.5 Å². The summed E-state index contributed by atoms with van der Waals surface area (Å²) in [6.07, 6.45) is 6.70. The number of carbonyl (C=O) groups is 4. The largest absolute Gasteiger partial charge is 0.478 e. The summed E-state index contributed by atoms with van der Waals surface area (Å²) in [5, 5.41) is 26.3. The SMILES string of the molecule is O=C(O)c1ccc(C(=O)O)c2c(C(=O)N[C@H]3CC[C@H](c4ccccc4)CC3)ccc(C(=O)N[C@H]3CC[C@H](c4ccccc4)CC3)c12. The molecule has 0 radical (unpaired) electrons. The lowest BCUT2D eigenvalue weighted by atomic mass is 9.81. The molecule has 4 aromatic rings. The molecule has 8 heteroatoms. The summed E-state index contributed by atoms with van der Waals surface area (Å²) in [5.74, 6) is -2.75. The van der Waals surface area contributed by atoms with E-state index in [0.717, 1.165) is 51.4 Å². The Morgan fingerprint density at radius 1 is 0.457 bits per heavy atom. The number of benzene rings is 4. The van der Waals surface area contributed by atoms with Gasteiger partial charge in [-0.05, 0) is 98.6 Å². The van der Waals surface area contributed by atoms with Gasteiger partial charge in [-0.3, -0.25) is 9.59 Å². The third-order valence-corrected chi connectivity index (χ3v) is 9.78. The molecule has 2 saturated carbocycles. The zero-order chi connectivity index (χ0) is 32.2. The molecule has 0 saturated heterocycles. The number of carboxylic acid groups (broad SMARTS) is 2. The van der Waals surface area contributed by atoms with Gasteiger partial charge in [-0.15, -0.1) is 0 Å². The van der Waals surface area contributed by atoms with Crippen molar-refractivity contribution in [3.8, 4) is 0 Å². The van der Waals surface area contributed by atoms with Gasteiger partial charge >= 0.3 is 11.9 Å². The first kappa shape index (κ1) is 31.0. The minimum Gasteiger partial charge on any atom is -0.478 e. The van der Waals surface area contributed by atoms with Crippen LogP contribution in [0.2, 0.25) is 0 Å². The van der Waals surface area contributed by atoms with Crippen LogP contribution < -0.4 is 10.6 Å². The van der Waals surface area contributed by atoms with E-state index in [9.17, 15) is 29.4 Å². The van der Waals surface area contributed by atoms with Crippen molar-refractivity contribution in [1.82, 2.24) is 10.6 Å². The van der Waals surface area contributed by atoms with Gasteiger partial charge in [0.05, 0.1) is 11.1 Å². The monoisotopic (exact) mass is 618 g/mol. The zero-order valence-corrected chi connectivity index (χ0v) is 25.6. The number of amides is 2. The lowest BCUT2D eigenvalue weighted by Crippen LogP contribution is -2.38. The van der Waals surface area contributed by atoms with Crippen LogP contribution in [0, 0.1) is 0 Å². The van der Waals surface area contributed by atoms with Crippen molar-refractivity contribution in [3.63, 3.8) is 0 Å². The first-order valence-corrected chi connectivity index (χ1v) is 16.1. The van der Waals surface area contributed by atoms with Crippen LogP contribution in [0.4, 0.5) is 0 Å². The minimum absolute atomic E-state index is 0.0386. The lowest BCUT2D eigenvalue weighted by Gasteiger charge is -2.30. The molecule has 2 amide bonds. The second-order valence-electron chi connectivity index (χ2n) is 12.5. The fraction of sp³-hybridized carbons (Fsp3) is 0.316. The average Bonchev–Trinajstić information content (AvgIpc) is 3.08. The highest BCUT2D eigenvalue weighted by molar-refractivity contribution is 6.23. The summed E-state index contributed by atoms with van der Waals surface area (Å²) in [4.78, 5) is 52.3. The Labute approximate surface area is 267 Å². The third kappa shape index (κ3) is 6.52. The molecule has 0 aromatic heterocycles. The van der Waals surface area contributed by atoms with E-state index in [0.29, 0.717) is 11.8 Å². The highest BCUT2D eigenvalue weighted by atomic mass is 16.4. The Kier molecular flexibility index (Phi) is 9.15. The molecule has 4 aromatic carbocycles. The van der Waals surface area contributed by atoms with Crippen LogP contribution in [0.1, 0.15) is 116 Å². The topological polar surface area (TPSA) is 133 Å². The number of nitrogens with one attached hydrogen (secondary N) is 2. The molecule has 0 atom stereocenters. The van der Waals surface area contributed by atoms with Gasteiger partial charge in [0.15, 0.2) is 0 Å². The number of rotatable bonds is 8. The van der Waals surface area contributed by atoms with Crippen molar-refractivity contribution < 1.29 is 29.4 Å². The van der Waals surface area contributed by atoms with Gasteiger partial charge in [0.1, 0.15) is 0 Å². The molecule has 236 valence electrons. The molecule has 4 N–H and O–H groups in total. The Morgan fingerprint density at radius 2 is 0.783 bits per heavy atom. The Morgan fingerprint density at radius 3 is 1.11 bits per heavy atom. The fourth-order valence-corrected chi connectivity index (χ4v) is 7.35. The first-order chi connectivity index (χ1) is 22.3. The summed E-state index contributed by atoms with van der Waals surface area (Å²) in [6, 6.07) is 25.7. The van der Waals surface area contributed by atoms with E-state index in [4.69, 9.17) is 0 Å². The highest BCUT2D eigenvalue weighted by Gasteiger charge is 2.30. The fourth-order valence-electron chi connectivity index (χ4n) is 7.35. The van der Waals surface area contributed by atoms with E-state index in [2.05, 4.69) is 34.9 Å². The Bertz CT molecular complexity index is 1620. The standard InChI is InChI=1S/C38H38N2O6/c41-35(39-27-15-11-25(12-16-27)23-7-3-1-4-8-23)29-19-20-30(34-32(38(45)46)22-21-31(33(29)34)37(43)44)36(42)40-28-17-13-26(14-18-28)24-9-5-2-6-10-24/h1-10,19-22,25-28H,11-18H2,(H,39,41)(H,40,42)(H,43,44)(H,45,46)/t25-,26-,27-,28-. The minimum atomic E-state index is -1.31. The van der Waals surface area contributed by atoms with Gasteiger partial charge in [-0.25, -0.2) is 9.59 Å². The van der Waals surface area contributed by atoms with Crippen molar-refractivity contribution in [2.75, 3.05) is 0 Å². The van der Waals surface area contributed by atoms with E-state index in [1.54, 1.807) is 0 Å². The number of carboxylic acids is 2. The molecule has 8 nitrogen and oxygen atoms in total. The van der Waals surface area contributed by atoms with Crippen molar-refractivity contribution in [1.29, 1.82) is 0 Å². The van der Waals surface area contributed by atoms with Crippen LogP contribution in [-0.4, -0.2) is 46.0 Å². The molecule has 0 unspecified atom stereocenters. The Hall–Kier alpha value is -4.98. The second kappa shape index (κ2) is 13.6. The molecule has 0 aliphatic heterocycles. The molecule has 2 aliphatic carbocycles. The van der Waals surface area contributed by atoms with Crippen LogP contribution in [0.15, 0.2) is 84.9 Å². The van der Waals surface area contributed by atoms with Gasteiger partial charge in [0.2, 0.25) is 0 Å². The van der Waals surface area contributed by atoms with Crippen molar-refractivity contribution in [2.24, 2.45) is 0 Å². The normalized spacial score (nSPS) is 21.3. The maximum Gasteiger partial charge on any atom is 0.336 e. The highest BCUT2D eigenvalue weighted by Crippen LogP contribution is 2.36. The first-order valence-electron chi connectivity index (χ1n) is 16.1. The van der Waals surface area contributed by atoms with Crippen LogP contribution in [0.5, 0.6) is 0 Å². The maximum atomic E-state index is 13.7. The Balaban J connectivity index is 1.25. The van der Waals surface area contributed by atoms with Gasteiger partial charge in [0, 0.05) is 34.0 Å². The number of aromatic carboxylic acids is 2. The van der Waals surface area contributed by atoms with Crippen molar-refractivity contribution in [2.45, 2.75) is 75.3 Å². The second-order valence-corrected chi connectivity index (χ2v) is 12.5. The van der Waals surface area contributed by atoms with Gasteiger partial charge in [-0.2, -0.15) is 0 Å². The molecular formula is C38H38N2O6. The molecule has 0 spiro atoms. The molecule has 6 rings (SSSR count). The smallest absolute Gasteiger partial charge is 0.336 e. The molecule has 0 bridgehead atoms. The van der Waals surface area contributed by atoms with Crippen LogP contribution in [-0.2, 0) is 0 Å². The molecule has 2 fully saturated rings. The maximum absolute atomic E-state index is 13.7. The zero-order valence-electron chi connectivity index (χ0n) is 25.6. The number of fused-ring (bicyclic) bond motifs is 1. The number of hydrogen-bond acceptors (Lipinski definition) is 4. The summed E-state index contributed by atoms with van der Waals surface area (Å²) in [5.41, 5.74) is 2.19. The van der Waals surface area contributed by atoms with Gasteiger partial charge in [0.25, 0.3) is 11.8 Å². The number of carbonyl (C=O) groups excluding carboxylic acids is 2. The summed E-state index contributed by atoms with van der Waals surface area (Å²) in [6.45, 7) is 0. The average molecular weight is 619 g/mol. The van der Waals surface area contributed by atoms with Crippen molar-refractivity contribution in [3.05, 3.63) is 118 Å². The summed E-state index contributed by atoms with van der Waals surface area (Å²) in [7, 11) is 0. The molecule has 46 heavy (non-hydrogen) atoms. The lowest BCUT2D eigenvalue weighted by molar-refractivity contribution is 0.0684. The molecule has 2 aliphatic rings. The van der Waals surface area contributed by atoms with Crippen LogP contribution in [0.3, 0.4) is 0 Å². The van der Waals surface area contributed by atoms with E-state index in [1.807, 2.05) is 36.4 Å². The van der Waals surface area contributed by atoms with Gasteiger partial charge < -0.3 is 20.8 Å². The van der Waals surface area contributed by atoms with E-state index in [1.165, 1.54) is 35.4 Å². The van der Waals surface area contributed by atoms with E-state index < -0.39 is 23.8 Å². The van der Waals surface area contributed by atoms with Crippen LogP contribution in [0.25, 0.3) is 10.8 Å². The number of hydrogen-bond donors (Lipinski definition) is 4. The quantitative estimate of drug-likeness (QED) is 0.166. The summed E-state index contributed by atoms with van der Waals surface area (Å²) < 4.78 is 0. The predicted molar refractivity (Wildman–Crippen MR) is 176 cm³/mol. The molecular weight excluding hydrogens is 580 g/mol. The van der Waals surface area contributed by atoms with Gasteiger partial charge in [-0.1, -0.05) is 60.7 Å². The van der Waals surface area contributed by atoms with Crippen LogP contribution >= 0.6 is 0 Å². The van der Waals surface area contributed by atoms with E-state index in [-0.39, 0.29) is 45.1 Å². The third-order valence-electron chi connectivity index (χ3n) is 9.78. The van der Waals surface area contributed by atoms with E-state index >= 15 is 0 Å². The molecule has 0 heterocycles. The predicted octanol–water partition coefficient (Wildman–Crippen LogP) is 7.15. The summed E-state index contributed by atoms with van der Waals surface area (Å²) >= 11 is 0.